The van der Waals surface area contributed by atoms with Gasteiger partial charge in [-0.2, -0.15) is 0 Å². The van der Waals surface area contributed by atoms with Gasteiger partial charge >= 0.3 is 0 Å². The van der Waals surface area contributed by atoms with Crippen molar-refractivity contribution in [3.8, 4) is 0 Å². The Morgan fingerprint density at radius 2 is 1.76 bits per heavy atom. The molecule has 0 bridgehead atoms. The molecule has 2 aromatic heterocycles. The maximum atomic E-state index is 13.3. The standard InChI is InChI=1S/C26H31N5O2/c32-25(19-6-2-1-3-7-19)29-13-10-18(11-14-29)23-16-24-27-22-12-15-30(20-8-4-5-9-20)17-21(22)26(33)31(24)28-23/h1-3,6-7,16,18,20,28H,4-5,8-15,17H2. The fourth-order valence-electron chi connectivity index (χ4n) is 5.97. The average molecular weight is 446 g/mol. The SMILES string of the molecule is O=C(c1ccccc1)N1CCC(c2cc3nc4c(c(=O)n3[nH]2)CN(C2CCCC2)CC4)CC1. The quantitative estimate of drug-likeness (QED) is 0.671. The predicted molar refractivity (Wildman–Crippen MR) is 127 cm³/mol. The van der Waals surface area contributed by atoms with Crippen LogP contribution in [-0.4, -0.2) is 56.0 Å². The van der Waals surface area contributed by atoms with Gasteiger partial charge in [-0.3, -0.25) is 19.6 Å². The van der Waals surface area contributed by atoms with Crippen molar-refractivity contribution in [2.75, 3.05) is 19.6 Å². The van der Waals surface area contributed by atoms with E-state index in [1.807, 2.05) is 41.3 Å². The van der Waals surface area contributed by atoms with E-state index in [0.29, 0.717) is 12.0 Å². The lowest BCUT2D eigenvalue weighted by molar-refractivity contribution is 0.0712. The van der Waals surface area contributed by atoms with Crippen LogP contribution in [0.15, 0.2) is 41.2 Å². The van der Waals surface area contributed by atoms with Crippen LogP contribution >= 0.6 is 0 Å². The number of likely N-dealkylation sites (tertiary alicyclic amines) is 1. The molecule has 7 nitrogen and oxygen atoms in total. The number of nitrogens with zero attached hydrogens (tertiary/aromatic N) is 4. The third kappa shape index (κ3) is 3.78. The topological polar surface area (TPSA) is 73.7 Å². The number of H-pyrrole nitrogens is 1. The summed E-state index contributed by atoms with van der Waals surface area (Å²) in [5.74, 6) is 0.404. The zero-order valence-corrected chi connectivity index (χ0v) is 19.0. The van der Waals surface area contributed by atoms with Gasteiger partial charge in [-0.25, -0.2) is 9.50 Å². The number of carbonyl (C=O) groups is 1. The molecule has 3 aliphatic rings. The number of fused-ring (bicyclic) bond motifs is 2. The van der Waals surface area contributed by atoms with Crippen molar-refractivity contribution in [2.24, 2.45) is 0 Å². The third-order valence-corrected chi connectivity index (χ3v) is 7.89. The van der Waals surface area contributed by atoms with Crippen LogP contribution in [0.3, 0.4) is 0 Å². The van der Waals surface area contributed by atoms with Gasteiger partial charge in [-0.1, -0.05) is 31.0 Å². The molecule has 2 aliphatic heterocycles. The Morgan fingerprint density at radius 1 is 1.00 bits per heavy atom. The molecule has 0 unspecified atom stereocenters. The second kappa shape index (κ2) is 8.45. The van der Waals surface area contributed by atoms with Gasteiger partial charge in [0.25, 0.3) is 11.5 Å². The molecule has 2 fully saturated rings. The fourth-order valence-corrected chi connectivity index (χ4v) is 5.97. The predicted octanol–water partition coefficient (Wildman–Crippen LogP) is 3.34. The van der Waals surface area contributed by atoms with Crippen molar-refractivity contribution >= 4 is 11.6 Å². The zero-order chi connectivity index (χ0) is 22.4. The molecule has 1 aliphatic carbocycles. The van der Waals surface area contributed by atoms with Gasteiger partial charge in [0.05, 0.1) is 11.3 Å². The van der Waals surface area contributed by atoms with E-state index in [2.05, 4.69) is 10.00 Å². The molecule has 0 atom stereocenters. The second-order valence-corrected chi connectivity index (χ2v) is 9.84. The minimum absolute atomic E-state index is 0.0561. The van der Waals surface area contributed by atoms with Gasteiger partial charge in [-0.05, 0) is 37.8 Å². The Bertz CT molecular complexity index is 1220. The van der Waals surface area contributed by atoms with Crippen molar-refractivity contribution < 1.29 is 4.79 Å². The van der Waals surface area contributed by atoms with E-state index in [-0.39, 0.29) is 11.5 Å². The van der Waals surface area contributed by atoms with Gasteiger partial charge < -0.3 is 4.90 Å². The smallest absolute Gasteiger partial charge is 0.277 e. The first-order valence-electron chi connectivity index (χ1n) is 12.4. The number of amides is 1. The highest BCUT2D eigenvalue weighted by Crippen LogP contribution is 2.30. The molecule has 6 rings (SSSR count). The minimum Gasteiger partial charge on any atom is -0.339 e. The van der Waals surface area contributed by atoms with E-state index in [9.17, 15) is 9.59 Å². The highest BCUT2D eigenvalue weighted by Gasteiger charge is 2.30. The number of hydrogen-bond acceptors (Lipinski definition) is 4. The summed E-state index contributed by atoms with van der Waals surface area (Å²) in [6.45, 7) is 3.18. The number of piperidine rings is 1. The minimum atomic E-state index is 0.0561. The highest BCUT2D eigenvalue weighted by molar-refractivity contribution is 5.94. The van der Waals surface area contributed by atoms with Gasteiger partial charge in [0, 0.05) is 61.9 Å². The van der Waals surface area contributed by atoms with Gasteiger partial charge in [0.2, 0.25) is 0 Å². The monoisotopic (exact) mass is 445 g/mol. The summed E-state index contributed by atoms with van der Waals surface area (Å²) in [4.78, 5) is 35.4. The summed E-state index contributed by atoms with van der Waals surface area (Å²) in [5, 5.41) is 3.36. The first-order valence-corrected chi connectivity index (χ1v) is 12.4. The van der Waals surface area contributed by atoms with E-state index in [4.69, 9.17) is 4.98 Å². The summed E-state index contributed by atoms with van der Waals surface area (Å²) >= 11 is 0. The maximum absolute atomic E-state index is 13.3. The van der Waals surface area contributed by atoms with Crippen molar-refractivity contribution in [3.63, 3.8) is 0 Å². The Hall–Kier alpha value is -2.93. The van der Waals surface area contributed by atoms with Crippen LogP contribution in [0, 0.1) is 0 Å². The van der Waals surface area contributed by atoms with E-state index < -0.39 is 0 Å². The van der Waals surface area contributed by atoms with Crippen LogP contribution in [-0.2, 0) is 13.0 Å². The number of aromatic amines is 1. The molecule has 1 amide bonds. The van der Waals surface area contributed by atoms with Crippen LogP contribution in [0.25, 0.3) is 5.65 Å². The van der Waals surface area contributed by atoms with Gasteiger partial charge in [0.15, 0.2) is 5.65 Å². The van der Waals surface area contributed by atoms with Crippen LogP contribution < -0.4 is 5.56 Å². The number of hydrogen-bond donors (Lipinski definition) is 1. The molecular formula is C26H31N5O2. The summed E-state index contributed by atoms with van der Waals surface area (Å²) in [7, 11) is 0. The molecule has 1 saturated heterocycles. The van der Waals surface area contributed by atoms with Crippen molar-refractivity contribution in [1.29, 1.82) is 0 Å². The van der Waals surface area contributed by atoms with Crippen LogP contribution in [0.2, 0.25) is 0 Å². The lowest BCUT2D eigenvalue weighted by Gasteiger charge is -2.32. The van der Waals surface area contributed by atoms with E-state index in [0.717, 1.165) is 73.6 Å². The molecule has 4 heterocycles. The summed E-state index contributed by atoms with van der Waals surface area (Å²) in [6, 6.07) is 12.2. The maximum Gasteiger partial charge on any atom is 0.277 e. The third-order valence-electron chi connectivity index (χ3n) is 7.89. The molecule has 7 heteroatoms. The fraction of sp³-hybridized carbons (Fsp3) is 0.500. The largest absolute Gasteiger partial charge is 0.339 e. The number of rotatable bonds is 3. The zero-order valence-electron chi connectivity index (χ0n) is 19.0. The Labute approximate surface area is 193 Å². The lowest BCUT2D eigenvalue weighted by atomic mass is 9.93. The van der Waals surface area contributed by atoms with Crippen molar-refractivity contribution in [1.82, 2.24) is 24.4 Å². The number of benzene rings is 1. The molecule has 0 radical (unpaired) electrons. The van der Waals surface area contributed by atoms with Gasteiger partial charge in [0.1, 0.15) is 0 Å². The number of carbonyl (C=O) groups excluding carboxylic acids is 1. The second-order valence-electron chi connectivity index (χ2n) is 9.84. The molecule has 1 aromatic carbocycles. The molecule has 0 spiro atoms. The summed E-state index contributed by atoms with van der Waals surface area (Å²) < 4.78 is 1.65. The highest BCUT2D eigenvalue weighted by atomic mass is 16.2. The molecule has 172 valence electrons. The molecular weight excluding hydrogens is 414 g/mol. The normalized spacial score (nSPS) is 20.4. The van der Waals surface area contributed by atoms with Crippen LogP contribution in [0.4, 0.5) is 0 Å². The first kappa shape index (κ1) is 20.7. The Morgan fingerprint density at radius 3 is 2.52 bits per heavy atom. The molecule has 3 aromatic rings. The molecule has 1 saturated carbocycles. The lowest BCUT2D eigenvalue weighted by Crippen LogP contribution is -2.41. The van der Waals surface area contributed by atoms with Crippen molar-refractivity contribution in [3.05, 3.63) is 69.3 Å². The summed E-state index contributed by atoms with van der Waals surface area (Å²) in [5.41, 5.74) is 4.42. The Balaban J connectivity index is 1.19. The van der Waals surface area contributed by atoms with E-state index >= 15 is 0 Å². The first-order chi connectivity index (χ1) is 16.2. The van der Waals surface area contributed by atoms with E-state index in [1.165, 1.54) is 25.7 Å². The van der Waals surface area contributed by atoms with Gasteiger partial charge in [-0.15, -0.1) is 0 Å². The van der Waals surface area contributed by atoms with Crippen molar-refractivity contribution in [2.45, 2.75) is 63.5 Å². The van der Waals surface area contributed by atoms with E-state index in [1.54, 1.807) is 4.52 Å². The molecule has 1 N–H and O–H groups in total. The molecule has 33 heavy (non-hydrogen) atoms. The van der Waals surface area contributed by atoms with Crippen LogP contribution in [0.5, 0.6) is 0 Å². The van der Waals surface area contributed by atoms with Crippen LogP contribution in [0.1, 0.15) is 71.8 Å². The Kier molecular flexibility index (Phi) is 5.29. The number of aromatic nitrogens is 3. The number of nitrogens with one attached hydrogen (secondary N) is 1. The average Bonchev–Trinajstić information content (AvgIpc) is 3.55. The summed E-state index contributed by atoms with van der Waals surface area (Å²) in [6.07, 6.45) is 7.75.